The van der Waals surface area contributed by atoms with Crippen LogP contribution in [0.1, 0.15) is 55.5 Å². The van der Waals surface area contributed by atoms with Gasteiger partial charge in [-0.15, -0.1) is 0 Å². The summed E-state index contributed by atoms with van der Waals surface area (Å²) in [4.78, 5) is 0. The van der Waals surface area contributed by atoms with Gasteiger partial charge in [-0.2, -0.15) is 0 Å². The Morgan fingerprint density at radius 2 is 1.62 bits per heavy atom. The van der Waals surface area contributed by atoms with Crippen LogP contribution in [0.25, 0.3) is 0 Å². The number of aryl methyl sites for hydroxylation is 1. The highest BCUT2D eigenvalue weighted by Crippen LogP contribution is 2.29. The lowest BCUT2D eigenvalue weighted by atomic mass is 9.81. The molecule has 2 rings (SSSR count). The molecule has 0 saturated carbocycles. The number of halogens is 1. The van der Waals surface area contributed by atoms with Gasteiger partial charge >= 0.3 is 0 Å². The zero-order valence-electron chi connectivity index (χ0n) is 13.2. The largest absolute Gasteiger partial charge is 0.384 e. The Balaban J connectivity index is 2.27. The molecule has 0 fully saturated rings. The van der Waals surface area contributed by atoms with E-state index >= 15 is 0 Å². The zero-order chi connectivity index (χ0) is 15.6. The second kappa shape index (κ2) is 5.98. The van der Waals surface area contributed by atoms with Crippen molar-refractivity contribution in [2.45, 2.75) is 45.6 Å². The van der Waals surface area contributed by atoms with Gasteiger partial charge in [0.1, 0.15) is 11.9 Å². The Morgan fingerprint density at radius 1 is 1.05 bits per heavy atom. The van der Waals surface area contributed by atoms with E-state index in [1.54, 1.807) is 19.1 Å². The number of aliphatic hydroxyl groups excluding tert-OH is 1. The topological polar surface area (TPSA) is 20.2 Å². The van der Waals surface area contributed by atoms with Crippen LogP contribution in [0.3, 0.4) is 0 Å². The smallest absolute Gasteiger partial charge is 0.126 e. The quantitative estimate of drug-likeness (QED) is 0.847. The molecule has 21 heavy (non-hydrogen) atoms. The predicted octanol–water partition coefficient (Wildman–Crippen LogP) is 4.90. The van der Waals surface area contributed by atoms with Crippen LogP contribution in [0, 0.1) is 12.7 Å². The summed E-state index contributed by atoms with van der Waals surface area (Å²) in [6.45, 7) is 8.28. The van der Waals surface area contributed by atoms with Gasteiger partial charge in [0.15, 0.2) is 0 Å². The molecule has 1 N–H and O–H groups in total. The second-order valence-electron chi connectivity index (χ2n) is 6.27. The van der Waals surface area contributed by atoms with E-state index in [1.165, 1.54) is 11.6 Å². The number of aliphatic hydroxyl groups is 1. The van der Waals surface area contributed by atoms with Crippen molar-refractivity contribution in [1.82, 2.24) is 0 Å². The van der Waals surface area contributed by atoms with E-state index < -0.39 is 6.10 Å². The molecule has 0 aliphatic carbocycles. The third-order valence-corrected chi connectivity index (χ3v) is 4.40. The molecular weight excluding hydrogens is 263 g/mol. The Bertz CT molecular complexity index is 614. The van der Waals surface area contributed by atoms with Crippen molar-refractivity contribution in [2.24, 2.45) is 0 Å². The Hall–Kier alpha value is -1.67. The summed E-state index contributed by atoms with van der Waals surface area (Å²) < 4.78 is 13.6. The molecule has 0 amide bonds. The molecular formula is C19H23FO. The molecule has 0 saturated heterocycles. The highest BCUT2D eigenvalue weighted by molar-refractivity contribution is 5.35. The number of hydrogen-bond acceptors (Lipinski definition) is 1. The fourth-order valence-corrected chi connectivity index (χ4v) is 2.29. The van der Waals surface area contributed by atoms with Crippen molar-refractivity contribution in [3.05, 3.63) is 70.5 Å². The first kappa shape index (κ1) is 15.7. The fourth-order valence-electron chi connectivity index (χ4n) is 2.29. The Labute approximate surface area is 126 Å². The number of hydrogen-bond donors (Lipinski definition) is 1. The van der Waals surface area contributed by atoms with Crippen molar-refractivity contribution in [1.29, 1.82) is 0 Å². The zero-order valence-corrected chi connectivity index (χ0v) is 13.2. The molecule has 112 valence electrons. The normalized spacial score (nSPS) is 13.2. The molecule has 1 atom stereocenters. The van der Waals surface area contributed by atoms with Crippen LogP contribution in [0.2, 0.25) is 0 Å². The highest BCUT2D eigenvalue weighted by Gasteiger charge is 2.19. The molecule has 0 aliphatic rings. The van der Waals surface area contributed by atoms with Crippen molar-refractivity contribution in [3.8, 4) is 0 Å². The van der Waals surface area contributed by atoms with Gasteiger partial charge in [-0.25, -0.2) is 4.39 Å². The van der Waals surface area contributed by atoms with Crippen molar-refractivity contribution in [3.63, 3.8) is 0 Å². The minimum atomic E-state index is -0.793. The SMILES string of the molecule is CCC(C)(C)c1ccc(C(O)c2ccc(C)c(F)c2)cc1. The molecule has 2 aromatic rings. The van der Waals surface area contributed by atoms with E-state index in [1.807, 2.05) is 24.3 Å². The summed E-state index contributed by atoms with van der Waals surface area (Å²) in [5, 5.41) is 10.4. The van der Waals surface area contributed by atoms with Crippen LogP contribution in [0.15, 0.2) is 42.5 Å². The molecule has 0 heterocycles. The van der Waals surface area contributed by atoms with E-state index in [2.05, 4.69) is 20.8 Å². The molecule has 0 spiro atoms. The van der Waals surface area contributed by atoms with Gasteiger partial charge in [0.25, 0.3) is 0 Å². The predicted molar refractivity (Wildman–Crippen MR) is 85.0 cm³/mol. The summed E-state index contributed by atoms with van der Waals surface area (Å²) in [6, 6.07) is 12.8. The fraction of sp³-hybridized carbons (Fsp3) is 0.368. The second-order valence-corrected chi connectivity index (χ2v) is 6.27. The maximum atomic E-state index is 13.6. The first-order valence-electron chi connectivity index (χ1n) is 7.39. The van der Waals surface area contributed by atoms with Gasteiger partial charge in [0.05, 0.1) is 0 Å². The molecule has 2 heteroatoms. The van der Waals surface area contributed by atoms with Gasteiger partial charge in [-0.3, -0.25) is 0 Å². The molecule has 1 nitrogen and oxygen atoms in total. The molecule has 2 aromatic carbocycles. The van der Waals surface area contributed by atoms with E-state index in [9.17, 15) is 9.50 Å². The summed E-state index contributed by atoms with van der Waals surface area (Å²) in [5.41, 5.74) is 3.33. The Kier molecular flexibility index (Phi) is 4.48. The molecule has 0 aliphatic heterocycles. The van der Waals surface area contributed by atoms with Crippen LogP contribution >= 0.6 is 0 Å². The van der Waals surface area contributed by atoms with Crippen LogP contribution in [0.5, 0.6) is 0 Å². The molecule has 0 aromatic heterocycles. The van der Waals surface area contributed by atoms with Gasteiger partial charge in [0.2, 0.25) is 0 Å². The van der Waals surface area contributed by atoms with Crippen LogP contribution in [-0.2, 0) is 5.41 Å². The van der Waals surface area contributed by atoms with Crippen LogP contribution in [0.4, 0.5) is 4.39 Å². The van der Waals surface area contributed by atoms with Gasteiger partial charge in [-0.1, -0.05) is 57.2 Å². The minimum absolute atomic E-state index is 0.124. The standard InChI is InChI=1S/C19H23FO/c1-5-19(3,4)16-10-8-14(9-11-16)18(21)15-7-6-13(2)17(20)12-15/h6-12,18,21H,5H2,1-4H3. The molecule has 0 radical (unpaired) electrons. The van der Waals surface area contributed by atoms with Crippen LogP contribution in [-0.4, -0.2) is 5.11 Å². The maximum Gasteiger partial charge on any atom is 0.126 e. The number of rotatable bonds is 4. The van der Waals surface area contributed by atoms with Crippen molar-refractivity contribution >= 4 is 0 Å². The lowest BCUT2D eigenvalue weighted by Crippen LogP contribution is -2.15. The van der Waals surface area contributed by atoms with Gasteiger partial charge in [0, 0.05) is 0 Å². The average molecular weight is 286 g/mol. The van der Waals surface area contributed by atoms with E-state index in [0.717, 1.165) is 12.0 Å². The minimum Gasteiger partial charge on any atom is -0.384 e. The lowest BCUT2D eigenvalue weighted by Gasteiger charge is -2.24. The van der Waals surface area contributed by atoms with Gasteiger partial charge < -0.3 is 5.11 Å². The van der Waals surface area contributed by atoms with E-state index in [-0.39, 0.29) is 11.2 Å². The maximum absolute atomic E-state index is 13.6. The highest BCUT2D eigenvalue weighted by atomic mass is 19.1. The third kappa shape index (κ3) is 3.33. The summed E-state index contributed by atoms with van der Waals surface area (Å²) >= 11 is 0. The molecule has 1 unspecified atom stereocenters. The lowest BCUT2D eigenvalue weighted by molar-refractivity contribution is 0.219. The first-order valence-corrected chi connectivity index (χ1v) is 7.39. The molecule has 0 bridgehead atoms. The Morgan fingerprint density at radius 3 is 2.14 bits per heavy atom. The first-order chi connectivity index (χ1) is 9.85. The van der Waals surface area contributed by atoms with Crippen molar-refractivity contribution in [2.75, 3.05) is 0 Å². The summed E-state index contributed by atoms with van der Waals surface area (Å²) in [5.74, 6) is -0.282. The van der Waals surface area contributed by atoms with Gasteiger partial charge in [-0.05, 0) is 47.1 Å². The third-order valence-electron chi connectivity index (χ3n) is 4.40. The van der Waals surface area contributed by atoms with E-state index in [0.29, 0.717) is 11.1 Å². The van der Waals surface area contributed by atoms with Crippen LogP contribution < -0.4 is 0 Å². The average Bonchev–Trinajstić information content (AvgIpc) is 2.49. The van der Waals surface area contributed by atoms with E-state index in [4.69, 9.17) is 0 Å². The number of benzene rings is 2. The monoisotopic (exact) mass is 286 g/mol. The van der Waals surface area contributed by atoms with Crippen molar-refractivity contribution < 1.29 is 9.50 Å². The summed E-state index contributed by atoms with van der Waals surface area (Å²) in [6.07, 6.45) is 0.261. The summed E-state index contributed by atoms with van der Waals surface area (Å²) in [7, 11) is 0.